The number of rotatable bonds is 1. The molecule has 3 N–H and O–H groups in total. The number of amides is 2. The maximum Gasteiger partial charge on any atom is 0.316 e. The van der Waals surface area contributed by atoms with E-state index in [4.69, 9.17) is 5.73 Å². The second-order valence-electron chi connectivity index (χ2n) is 4.62. The van der Waals surface area contributed by atoms with Crippen LogP contribution >= 0.6 is 0 Å². The number of anilines is 1. The number of alkyl halides is 1. The molecule has 17 heavy (non-hydrogen) atoms. The number of carbonyl (C=O) groups is 1. The Kier molecular flexibility index (Phi) is 2.28. The Balaban J connectivity index is 2.17. The molecule has 0 radical (unpaired) electrons. The molecule has 1 atom stereocenters. The Morgan fingerprint density at radius 2 is 2.18 bits per heavy atom. The van der Waals surface area contributed by atoms with E-state index in [1.54, 1.807) is 0 Å². The van der Waals surface area contributed by atoms with Gasteiger partial charge < -0.3 is 11.1 Å². The molecule has 5 heteroatoms. The van der Waals surface area contributed by atoms with Crippen molar-refractivity contribution in [3.63, 3.8) is 0 Å². The zero-order valence-electron chi connectivity index (χ0n) is 9.42. The number of urea groups is 1. The van der Waals surface area contributed by atoms with Crippen molar-refractivity contribution in [2.24, 2.45) is 5.73 Å². The number of aromatic nitrogens is 1. The lowest BCUT2D eigenvalue weighted by atomic mass is 10.1. The lowest BCUT2D eigenvalue weighted by Gasteiger charge is -2.14. The standard InChI is InChI=1S/C12H14FN3O/c13-8-5-4-7-10(16-12(14)17)6-2-1-3-9(6)15-11(7)8/h8H,1-5H2,(H3,14,15,16,17). The largest absolute Gasteiger partial charge is 0.351 e. The number of primary amides is 1. The molecule has 1 heterocycles. The highest BCUT2D eigenvalue weighted by Gasteiger charge is 2.31. The van der Waals surface area contributed by atoms with E-state index >= 15 is 0 Å². The molecular weight excluding hydrogens is 221 g/mol. The van der Waals surface area contributed by atoms with Crippen LogP contribution in [0.25, 0.3) is 0 Å². The number of hydrogen-bond acceptors (Lipinski definition) is 2. The molecule has 0 saturated heterocycles. The number of pyridine rings is 1. The monoisotopic (exact) mass is 235 g/mol. The zero-order chi connectivity index (χ0) is 12.0. The summed E-state index contributed by atoms with van der Waals surface area (Å²) in [5.74, 6) is 0. The van der Waals surface area contributed by atoms with Crippen LogP contribution in [0.1, 0.15) is 41.5 Å². The predicted molar refractivity (Wildman–Crippen MR) is 61.6 cm³/mol. The highest BCUT2D eigenvalue weighted by atomic mass is 19.1. The summed E-state index contributed by atoms with van der Waals surface area (Å²) < 4.78 is 13.7. The van der Waals surface area contributed by atoms with Crippen molar-refractivity contribution in [1.29, 1.82) is 0 Å². The molecular formula is C12H14FN3O. The molecule has 4 nitrogen and oxygen atoms in total. The van der Waals surface area contributed by atoms with Crippen LogP contribution in [0, 0.1) is 0 Å². The number of halogens is 1. The molecule has 0 saturated carbocycles. The summed E-state index contributed by atoms with van der Waals surface area (Å²) in [6.07, 6.45) is 2.86. The van der Waals surface area contributed by atoms with Crippen molar-refractivity contribution in [3.8, 4) is 0 Å². The number of hydrogen-bond donors (Lipinski definition) is 2. The van der Waals surface area contributed by atoms with E-state index in [0.717, 1.165) is 41.8 Å². The summed E-state index contributed by atoms with van der Waals surface area (Å²) in [5.41, 5.74) is 9.25. The normalized spacial score (nSPS) is 21.1. The summed E-state index contributed by atoms with van der Waals surface area (Å²) in [6.45, 7) is 0. The molecule has 0 aliphatic heterocycles. The highest BCUT2D eigenvalue weighted by molar-refractivity contribution is 5.90. The van der Waals surface area contributed by atoms with E-state index in [2.05, 4.69) is 10.3 Å². The summed E-state index contributed by atoms with van der Waals surface area (Å²) in [7, 11) is 0. The number of carbonyl (C=O) groups excluding carboxylic acids is 1. The summed E-state index contributed by atoms with van der Waals surface area (Å²) in [4.78, 5) is 15.5. The van der Waals surface area contributed by atoms with Gasteiger partial charge in [0.15, 0.2) is 0 Å². The van der Waals surface area contributed by atoms with Crippen molar-refractivity contribution >= 4 is 11.7 Å². The molecule has 3 rings (SSSR count). The van der Waals surface area contributed by atoms with Gasteiger partial charge in [0.25, 0.3) is 0 Å². The SMILES string of the molecule is NC(=O)Nc1c2c(nc3c1CCC3F)CCC2. The number of fused-ring (bicyclic) bond motifs is 2. The van der Waals surface area contributed by atoms with Gasteiger partial charge in [-0.2, -0.15) is 0 Å². The van der Waals surface area contributed by atoms with Crippen LogP contribution in [0.5, 0.6) is 0 Å². The van der Waals surface area contributed by atoms with Crippen molar-refractivity contribution in [2.45, 2.75) is 38.3 Å². The number of aryl methyl sites for hydroxylation is 1. The Hall–Kier alpha value is -1.65. The first-order chi connectivity index (χ1) is 8.16. The summed E-state index contributed by atoms with van der Waals surface area (Å²) in [5, 5.41) is 2.66. The van der Waals surface area contributed by atoms with E-state index < -0.39 is 12.2 Å². The Morgan fingerprint density at radius 1 is 1.35 bits per heavy atom. The molecule has 1 unspecified atom stereocenters. The quantitative estimate of drug-likeness (QED) is 0.781. The minimum Gasteiger partial charge on any atom is -0.351 e. The summed E-state index contributed by atoms with van der Waals surface area (Å²) in [6, 6.07) is -0.588. The number of nitrogens with one attached hydrogen (secondary N) is 1. The van der Waals surface area contributed by atoms with Gasteiger partial charge in [0.05, 0.1) is 11.4 Å². The highest BCUT2D eigenvalue weighted by Crippen LogP contribution is 2.41. The van der Waals surface area contributed by atoms with Gasteiger partial charge in [-0.3, -0.25) is 4.98 Å². The Morgan fingerprint density at radius 3 is 2.94 bits per heavy atom. The maximum atomic E-state index is 13.7. The molecule has 1 aromatic heterocycles. The van der Waals surface area contributed by atoms with Crippen LogP contribution < -0.4 is 11.1 Å². The van der Waals surface area contributed by atoms with E-state index in [0.29, 0.717) is 18.5 Å². The molecule has 0 spiro atoms. The lowest BCUT2D eigenvalue weighted by molar-refractivity contribution is 0.259. The number of nitrogens with zero attached hydrogens (tertiary/aromatic N) is 1. The van der Waals surface area contributed by atoms with Gasteiger partial charge in [-0.15, -0.1) is 0 Å². The van der Waals surface area contributed by atoms with Crippen LogP contribution in [0.2, 0.25) is 0 Å². The second-order valence-corrected chi connectivity index (χ2v) is 4.62. The van der Waals surface area contributed by atoms with Crippen LogP contribution in [0.15, 0.2) is 0 Å². The van der Waals surface area contributed by atoms with Gasteiger partial charge in [-0.1, -0.05) is 0 Å². The minimum absolute atomic E-state index is 0.457. The van der Waals surface area contributed by atoms with Crippen LogP contribution in [0.3, 0.4) is 0 Å². The predicted octanol–water partition coefficient (Wildman–Crippen LogP) is 2.02. The van der Waals surface area contributed by atoms with Crippen molar-refractivity contribution in [1.82, 2.24) is 4.98 Å². The maximum absolute atomic E-state index is 13.7. The topological polar surface area (TPSA) is 68.0 Å². The first-order valence-corrected chi connectivity index (χ1v) is 5.92. The first kappa shape index (κ1) is 10.5. The Bertz CT molecular complexity index is 501. The average molecular weight is 235 g/mol. The third-order valence-corrected chi connectivity index (χ3v) is 3.55. The van der Waals surface area contributed by atoms with E-state index in [1.165, 1.54) is 0 Å². The van der Waals surface area contributed by atoms with Crippen LogP contribution in [-0.2, 0) is 19.3 Å². The van der Waals surface area contributed by atoms with E-state index in [1.807, 2.05) is 0 Å². The molecule has 1 aromatic rings. The van der Waals surface area contributed by atoms with E-state index in [-0.39, 0.29) is 0 Å². The average Bonchev–Trinajstić information content (AvgIpc) is 2.86. The first-order valence-electron chi connectivity index (χ1n) is 5.92. The fraction of sp³-hybridized carbons (Fsp3) is 0.500. The molecule has 90 valence electrons. The van der Waals surface area contributed by atoms with Gasteiger partial charge in [-0.25, -0.2) is 9.18 Å². The Labute approximate surface area is 98.4 Å². The number of nitrogens with two attached hydrogens (primary N) is 1. The van der Waals surface area contributed by atoms with E-state index in [9.17, 15) is 9.18 Å². The van der Waals surface area contributed by atoms with Gasteiger partial charge in [-0.05, 0) is 37.7 Å². The molecule has 0 bridgehead atoms. The van der Waals surface area contributed by atoms with Gasteiger partial charge in [0.1, 0.15) is 6.17 Å². The second kappa shape index (κ2) is 3.68. The zero-order valence-corrected chi connectivity index (χ0v) is 9.42. The van der Waals surface area contributed by atoms with Crippen molar-refractivity contribution in [3.05, 3.63) is 22.5 Å². The van der Waals surface area contributed by atoms with Crippen LogP contribution in [0.4, 0.5) is 14.9 Å². The minimum atomic E-state index is -0.996. The molecule has 2 aliphatic rings. The lowest BCUT2D eigenvalue weighted by Crippen LogP contribution is -2.21. The smallest absolute Gasteiger partial charge is 0.316 e. The molecule has 2 amide bonds. The van der Waals surface area contributed by atoms with Gasteiger partial charge >= 0.3 is 6.03 Å². The summed E-state index contributed by atoms with van der Waals surface area (Å²) >= 11 is 0. The van der Waals surface area contributed by atoms with Gasteiger partial charge in [0, 0.05) is 11.3 Å². The molecule has 0 aromatic carbocycles. The van der Waals surface area contributed by atoms with Gasteiger partial charge in [0.2, 0.25) is 0 Å². The third kappa shape index (κ3) is 1.57. The molecule has 2 aliphatic carbocycles. The third-order valence-electron chi connectivity index (χ3n) is 3.55. The fourth-order valence-electron chi connectivity index (χ4n) is 2.84. The molecule has 0 fully saturated rings. The van der Waals surface area contributed by atoms with Crippen LogP contribution in [-0.4, -0.2) is 11.0 Å². The van der Waals surface area contributed by atoms with Crippen molar-refractivity contribution in [2.75, 3.05) is 5.32 Å². The fourth-order valence-corrected chi connectivity index (χ4v) is 2.84. The van der Waals surface area contributed by atoms with Crippen molar-refractivity contribution < 1.29 is 9.18 Å².